The van der Waals surface area contributed by atoms with Crippen LogP contribution in [0.5, 0.6) is 0 Å². The van der Waals surface area contributed by atoms with E-state index in [0.29, 0.717) is 11.8 Å². The molecule has 0 saturated carbocycles. The van der Waals surface area contributed by atoms with E-state index < -0.39 is 0 Å². The maximum absolute atomic E-state index is 8.97. The number of hydrogen-bond acceptors (Lipinski definition) is 1. The van der Waals surface area contributed by atoms with Gasteiger partial charge in [-0.05, 0) is 18.8 Å². The lowest BCUT2D eigenvalue weighted by atomic mass is 10.1. The number of alkyl halides is 1. The topological polar surface area (TPSA) is 20.2 Å². The van der Waals surface area contributed by atoms with Crippen LogP contribution in [-0.4, -0.2) is 17.1 Å². The molecular weight excluding hydrogens is 136 g/mol. The van der Waals surface area contributed by atoms with Crippen LogP contribution in [0.15, 0.2) is 0 Å². The Balaban J connectivity index is 3.06. The van der Waals surface area contributed by atoms with E-state index in [-0.39, 0.29) is 6.10 Å². The van der Waals surface area contributed by atoms with Gasteiger partial charge < -0.3 is 5.11 Å². The predicted molar refractivity (Wildman–Crippen MR) is 40.8 cm³/mol. The van der Waals surface area contributed by atoms with Crippen molar-refractivity contribution in [1.82, 2.24) is 0 Å². The third-order valence-corrected chi connectivity index (χ3v) is 1.61. The number of halogens is 1. The van der Waals surface area contributed by atoms with Gasteiger partial charge in [-0.15, -0.1) is 11.6 Å². The SMILES string of the molecule is CC(C)CCC(O)CCl. The molecule has 1 N–H and O–H groups in total. The first kappa shape index (κ1) is 9.25. The maximum Gasteiger partial charge on any atom is 0.0675 e. The molecular formula is C7H15ClO. The first-order valence-electron chi connectivity index (χ1n) is 3.40. The largest absolute Gasteiger partial charge is 0.392 e. The van der Waals surface area contributed by atoms with Gasteiger partial charge in [-0.1, -0.05) is 13.8 Å². The van der Waals surface area contributed by atoms with Gasteiger partial charge in [0.15, 0.2) is 0 Å². The molecule has 0 spiro atoms. The van der Waals surface area contributed by atoms with Crippen molar-refractivity contribution in [3.63, 3.8) is 0 Å². The van der Waals surface area contributed by atoms with Crippen molar-refractivity contribution in [3.8, 4) is 0 Å². The van der Waals surface area contributed by atoms with Gasteiger partial charge in [0, 0.05) is 5.88 Å². The van der Waals surface area contributed by atoms with E-state index in [1.54, 1.807) is 0 Å². The van der Waals surface area contributed by atoms with Gasteiger partial charge in [0.1, 0.15) is 0 Å². The van der Waals surface area contributed by atoms with Crippen molar-refractivity contribution in [3.05, 3.63) is 0 Å². The average Bonchev–Trinajstić information content (AvgIpc) is 1.83. The van der Waals surface area contributed by atoms with E-state index in [1.165, 1.54) is 0 Å². The summed E-state index contributed by atoms with van der Waals surface area (Å²) in [5, 5.41) is 8.97. The van der Waals surface area contributed by atoms with Crippen molar-refractivity contribution in [2.75, 3.05) is 5.88 Å². The third kappa shape index (κ3) is 6.13. The molecule has 0 amide bonds. The smallest absolute Gasteiger partial charge is 0.0675 e. The molecule has 1 nitrogen and oxygen atoms in total. The minimum absolute atomic E-state index is 0.297. The molecule has 0 aromatic rings. The van der Waals surface area contributed by atoms with E-state index >= 15 is 0 Å². The van der Waals surface area contributed by atoms with Crippen LogP contribution in [0.25, 0.3) is 0 Å². The minimum atomic E-state index is -0.297. The van der Waals surface area contributed by atoms with Gasteiger partial charge in [0.2, 0.25) is 0 Å². The van der Waals surface area contributed by atoms with Crippen LogP contribution in [0.2, 0.25) is 0 Å². The summed E-state index contributed by atoms with van der Waals surface area (Å²) in [6, 6.07) is 0. The summed E-state index contributed by atoms with van der Waals surface area (Å²) in [6.45, 7) is 4.28. The molecule has 1 atom stereocenters. The van der Waals surface area contributed by atoms with E-state index in [4.69, 9.17) is 16.7 Å². The first-order valence-corrected chi connectivity index (χ1v) is 3.94. The number of aliphatic hydroxyl groups is 1. The van der Waals surface area contributed by atoms with Crippen molar-refractivity contribution in [2.45, 2.75) is 32.8 Å². The molecule has 0 heterocycles. The summed E-state index contributed by atoms with van der Waals surface area (Å²) in [5.41, 5.74) is 0. The molecule has 0 rings (SSSR count). The summed E-state index contributed by atoms with van der Waals surface area (Å²) in [5.74, 6) is 1.04. The van der Waals surface area contributed by atoms with Gasteiger partial charge in [-0.2, -0.15) is 0 Å². The normalized spacial score (nSPS) is 14.3. The summed E-state index contributed by atoms with van der Waals surface area (Å²) >= 11 is 5.39. The molecule has 0 fully saturated rings. The van der Waals surface area contributed by atoms with Gasteiger partial charge in [-0.25, -0.2) is 0 Å². The number of hydrogen-bond donors (Lipinski definition) is 1. The fourth-order valence-electron chi connectivity index (χ4n) is 0.603. The Morgan fingerprint density at radius 2 is 1.89 bits per heavy atom. The maximum atomic E-state index is 8.97. The number of aliphatic hydroxyl groups excluding tert-OH is 1. The Labute approximate surface area is 62.0 Å². The standard InChI is InChI=1S/C7H15ClO/c1-6(2)3-4-7(9)5-8/h6-7,9H,3-5H2,1-2H3. The van der Waals surface area contributed by atoms with Crippen molar-refractivity contribution in [1.29, 1.82) is 0 Å². The zero-order valence-electron chi connectivity index (χ0n) is 6.10. The fourth-order valence-corrected chi connectivity index (χ4v) is 0.757. The molecule has 0 saturated heterocycles. The Morgan fingerprint density at radius 1 is 1.33 bits per heavy atom. The summed E-state index contributed by atoms with van der Waals surface area (Å²) in [6.07, 6.45) is 1.60. The Hall–Kier alpha value is 0.250. The van der Waals surface area contributed by atoms with Gasteiger partial charge >= 0.3 is 0 Å². The second kappa shape index (κ2) is 5.07. The second-order valence-corrected chi connectivity index (χ2v) is 3.09. The minimum Gasteiger partial charge on any atom is -0.392 e. The molecule has 0 aromatic heterocycles. The highest BCUT2D eigenvalue weighted by Crippen LogP contribution is 2.06. The highest BCUT2D eigenvalue weighted by atomic mass is 35.5. The monoisotopic (exact) mass is 150 g/mol. The van der Waals surface area contributed by atoms with E-state index in [0.717, 1.165) is 12.8 Å². The molecule has 9 heavy (non-hydrogen) atoms. The van der Waals surface area contributed by atoms with Crippen LogP contribution in [-0.2, 0) is 0 Å². The second-order valence-electron chi connectivity index (χ2n) is 2.78. The molecule has 0 bridgehead atoms. The van der Waals surface area contributed by atoms with E-state index in [2.05, 4.69) is 13.8 Å². The van der Waals surface area contributed by atoms with Gasteiger partial charge in [0.05, 0.1) is 6.10 Å². The summed E-state index contributed by atoms with van der Waals surface area (Å²) in [4.78, 5) is 0. The van der Waals surface area contributed by atoms with Crippen LogP contribution in [0.4, 0.5) is 0 Å². The summed E-state index contributed by atoms with van der Waals surface area (Å²) < 4.78 is 0. The number of rotatable bonds is 4. The van der Waals surface area contributed by atoms with Crippen molar-refractivity contribution in [2.24, 2.45) is 5.92 Å². The lowest BCUT2D eigenvalue weighted by Gasteiger charge is -2.07. The van der Waals surface area contributed by atoms with Gasteiger partial charge in [0.25, 0.3) is 0 Å². The Bertz CT molecular complexity index is 63.9. The predicted octanol–water partition coefficient (Wildman–Crippen LogP) is 2.02. The van der Waals surface area contributed by atoms with E-state index in [1.807, 2.05) is 0 Å². The molecule has 0 aromatic carbocycles. The zero-order chi connectivity index (χ0) is 7.28. The van der Waals surface area contributed by atoms with Crippen LogP contribution in [0.1, 0.15) is 26.7 Å². The molecule has 0 radical (unpaired) electrons. The van der Waals surface area contributed by atoms with Gasteiger partial charge in [-0.3, -0.25) is 0 Å². The van der Waals surface area contributed by atoms with Crippen LogP contribution in [0, 0.1) is 5.92 Å². The lowest BCUT2D eigenvalue weighted by molar-refractivity contribution is 0.179. The molecule has 0 aliphatic heterocycles. The Kier molecular flexibility index (Phi) is 5.21. The lowest BCUT2D eigenvalue weighted by Crippen LogP contribution is -2.08. The molecule has 56 valence electrons. The van der Waals surface area contributed by atoms with Crippen LogP contribution < -0.4 is 0 Å². The van der Waals surface area contributed by atoms with Crippen LogP contribution >= 0.6 is 11.6 Å². The third-order valence-electron chi connectivity index (χ3n) is 1.26. The molecule has 1 unspecified atom stereocenters. The highest BCUT2D eigenvalue weighted by Gasteiger charge is 2.02. The Morgan fingerprint density at radius 3 is 2.22 bits per heavy atom. The van der Waals surface area contributed by atoms with Crippen molar-refractivity contribution < 1.29 is 5.11 Å². The molecule has 0 aliphatic carbocycles. The summed E-state index contributed by atoms with van der Waals surface area (Å²) in [7, 11) is 0. The average molecular weight is 151 g/mol. The van der Waals surface area contributed by atoms with E-state index in [9.17, 15) is 0 Å². The zero-order valence-corrected chi connectivity index (χ0v) is 6.86. The first-order chi connectivity index (χ1) is 4.16. The van der Waals surface area contributed by atoms with Crippen LogP contribution in [0.3, 0.4) is 0 Å². The fraction of sp³-hybridized carbons (Fsp3) is 1.00. The van der Waals surface area contributed by atoms with Crippen molar-refractivity contribution >= 4 is 11.6 Å². The molecule has 2 heteroatoms. The highest BCUT2D eigenvalue weighted by molar-refractivity contribution is 6.18. The quantitative estimate of drug-likeness (QED) is 0.608. The molecule has 0 aliphatic rings.